The first-order chi connectivity index (χ1) is 26.6. The average Bonchev–Trinajstić information content (AvgIpc) is 3.20. The molecule has 14 nitrogen and oxygen atoms in total. The predicted molar refractivity (Wildman–Crippen MR) is 203 cm³/mol. The fraction of sp³-hybridized carbons (Fsp3) is 0.415. The van der Waals surface area contributed by atoms with E-state index in [-0.39, 0.29) is 56.2 Å². The third-order valence-electron chi connectivity index (χ3n) is 8.59. The molecule has 6 N–H and O–H groups in total. The zero-order valence-corrected chi connectivity index (χ0v) is 31.0. The van der Waals surface area contributed by atoms with Crippen molar-refractivity contribution in [2.45, 2.75) is 89.7 Å². The highest BCUT2D eigenvalue weighted by atomic mass is 16.6. The maximum atomic E-state index is 12.5. The number of carbonyl (C=O) groups excluding carboxylic acids is 5. The average molecular weight is 761 g/mol. The van der Waals surface area contributed by atoms with Crippen LogP contribution in [0, 0.1) is 5.92 Å². The number of rotatable bonds is 20. The number of amides is 3. The van der Waals surface area contributed by atoms with Crippen LogP contribution in [-0.2, 0) is 53.2 Å². The summed E-state index contributed by atoms with van der Waals surface area (Å²) in [5, 5.41) is 16.6. The number of ether oxygens (including phenoxy) is 3. The molecule has 0 bridgehead atoms. The Bertz CT molecular complexity index is 1540. The number of hydrogen-bond acceptors (Lipinski definition) is 10. The van der Waals surface area contributed by atoms with Crippen molar-refractivity contribution in [3.63, 3.8) is 0 Å². The van der Waals surface area contributed by atoms with E-state index in [4.69, 9.17) is 25.1 Å². The van der Waals surface area contributed by atoms with Crippen molar-refractivity contribution in [3.05, 3.63) is 108 Å². The zero-order valence-electron chi connectivity index (χ0n) is 31.0. The van der Waals surface area contributed by atoms with Gasteiger partial charge in [0.05, 0.1) is 6.04 Å². The van der Waals surface area contributed by atoms with Crippen molar-refractivity contribution in [2.75, 3.05) is 13.1 Å². The van der Waals surface area contributed by atoms with Crippen LogP contribution in [-0.4, -0.2) is 66.1 Å². The van der Waals surface area contributed by atoms with Crippen LogP contribution in [0.5, 0.6) is 0 Å². The standard InChI is InChI=1S/C28H34N2O6.C13H18N2O4/c31-25-18-23(14-9-17-29-28(34)36-20-22-12-5-2-6-13-22)27(33)30-24(25)15-7-8-16-26(32)35-19-21-10-3-1-4-11-21;14-11(12(16)17)7-4-8-15-13(18)19-9-10-5-2-1-3-6-10/h1-6,10-13,23-24H,7-9,14-20H2,(H,29,34)(H,30,33);1-3,5-6,11H,4,7-9,14H2,(H,15,18)(H,16,17). The Labute approximate surface area is 321 Å². The molecule has 14 heteroatoms. The van der Waals surface area contributed by atoms with Crippen LogP contribution in [0.25, 0.3) is 0 Å². The van der Waals surface area contributed by atoms with Crippen LogP contribution in [0.2, 0.25) is 0 Å². The molecule has 4 rings (SSSR count). The highest BCUT2D eigenvalue weighted by Gasteiger charge is 2.33. The quantitative estimate of drug-likeness (QED) is 0.0576. The fourth-order valence-corrected chi connectivity index (χ4v) is 5.47. The predicted octanol–water partition coefficient (Wildman–Crippen LogP) is 5.18. The Balaban J connectivity index is 0.000000360. The minimum absolute atomic E-state index is 0.0153. The molecule has 1 fully saturated rings. The van der Waals surface area contributed by atoms with E-state index in [0.29, 0.717) is 58.0 Å². The van der Waals surface area contributed by atoms with E-state index in [2.05, 4.69) is 16.0 Å². The number of ketones is 1. The Hall–Kier alpha value is -5.76. The lowest BCUT2D eigenvalue weighted by Crippen LogP contribution is -2.50. The van der Waals surface area contributed by atoms with Gasteiger partial charge in [-0.05, 0) is 55.2 Å². The number of unbranched alkanes of at least 4 members (excludes halogenated alkanes) is 1. The molecular weight excluding hydrogens is 708 g/mol. The minimum Gasteiger partial charge on any atom is -0.480 e. The first-order valence-electron chi connectivity index (χ1n) is 18.5. The van der Waals surface area contributed by atoms with Gasteiger partial charge in [0.2, 0.25) is 5.91 Å². The third-order valence-corrected chi connectivity index (χ3v) is 8.59. The van der Waals surface area contributed by atoms with Crippen molar-refractivity contribution in [1.29, 1.82) is 0 Å². The number of alkyl carbamates (subject to hydrolysis) is 2. The molecule has 3 aromatic rings. The molecule has 0 saturated carbocycles. The van der Waals surface area contributed by atoms with Crippen LogP contribution in [0.4, 0.5) is 9.59 Å². The van der Waals surface area contributed by atoms with Crippen LogP contribution in [0.1, 0.15) is 74.5 Å². The van der Waals surface area contributed by atoms with E-state index in [1.807, 2.05) is 91.0 Å². The second-order valence-corrected chi connectivity index (χ2v) is 13.0. The maximum absolute atomic E-state index is 12.5. The fourth-order valence-electron chi connectivity index (χ4n) is 5.47. The van der Waals surface area contributed by atoms with Crippen molar-refractivity contribution in [1.82, 2.24) is 16.0 Å². The van der Waals surface area contributed by atoms with Gasteiger partial charge in [0.25, 0.3) is 0 Å². The van der Waals surface area contributed by atoms with E-state index in [1.54, 1.807) is 0 Å². The molecular formula is C41H52N4O10. The van der Waals surface area contributed by atoms with Crippen LogP contribution in [0.15, 0.2) is 91.0 Å². The lowest BCUT2D eigenvalue weighted by molar-refractivity contribution is -0.145. The van der Waals surface area contributed by atoms with Gasteiger partial charge in [-0.25, -0.2) is 9.59 Å². The van der Waals surface area contributed by atoms with Crippen LogP contribution >= 0.6 is 0 Å². The number of Topliss-reactive ketones (excluding diaryl/α,β-unsaturated/α-hetero) is 1. The molecule has 0 aromatic heterocycles. The number of aliphatic carboxylic acids is 1. The molecule has 1 saturated heterocycles. The van der Waals surface area contributed by atoms with Gasteiger partial charge in [-0.15, -0.1) is 0 Å². The van der Waals surface area contributed by atoms with E-state index in [0.717, 1.165) is 16.7 Å². The van der Waals surface area contributed by atoms with Crippen LogP contribution < -0.4 is 21.7 Å². The van der Waals surface area contributed by atoms with Crippen molar-refractivity contribution in [3.8, 4) is 0 Å². The largest absolute Gasteiger partial charge is 0.480 e. The molecule has 3 unspecified atom stereocenters. The van der Waals surface area contributed by atoms with E-state index < -0.39 is 30.2 Å². The highest BCUT2D eigenvalue weighted by molar-refractivity contribution is 5.96. The summed E-state index contributed by atoms with van der Waals surface area (Å²) in [4.78, 5) is 70.4. The van der Waals surface area contributed by atoms with E-state index in [1.165, 1.54) is 0 Å². The lowest BCUT2D eigenvalue weighted by atomic mass is 9.87. The van der Waals surface area contributed by atoms with Crippen LogP contribution in [0.3, 0.4) is 0 Å². The second-order valence-electron chi connectivity index (χ2n) is 13.0. The SMILES string of the molecule is NC(CCCNC(=O)OCc1ccccc1)C(=O)O.O=C(CCCCC1NC(=O)C(CCCNC(=O)OCc2ccccc2)CC1=O)OCc1ccccc1. The molecule has 296 valence electrons. The number of piperidine rings is 1. The van der Waals surface area contributed by atoms with Gasteiger partial charge in [0, 0.05) is 31.8 Å². The zero-order chi connectivity index (χ0) is 39.7. The van der Waals surface area contributed by atoms with Gasteiger partial charge in [-0.3, -0.25) is 19.2 Å². The molecule has 0 radical (unpaired) electrons. The molecule has 1 heterocycles. The summed E-state index contributed by atoms with van der Waals surface area (Å²) < 4.78 is 15.4. The number of carboxylic acids is 1. The van der Waals surface area contributed by atoms with Gasteiger partial charge in [0.1, 0.15) is 25.9 Å². The highest BCUT2D eigenvalue weighted by Crippen LogP contribution is 2.21. The molecule has 0 spiro atoms. The summed E-state index contributed by atoms with van der Waals surface area (Å²) in [6.07, 6.45) is 3.11. The summed E-state index contributed by atoms with van der Waals surface area (Å²) in [7, 11) is 0. The summed E-state index contributed by atoms with van der Waals surface area (Å²) in [5.74, 6) is -1.80. The first kappa shape index (κ1) is 43.6. The number of esters is 1. The minimum atomic E-state index is -1.04. The first-order valence-corrected chi connectivity index (χ1v) is 18.5. The Kier molecular flexibility index (Phi) is 20.1. The Morgan fingerprint density at radius 3 is 1.69 bits per heavy atom. The molecule has 0 aliphatic carbocycles. The molecule has 55 heavy (non-hydrogen) atoms. The van der Waals surface area contributed by atoms with Gasteiger partial charge < -0.3 is 41.0 Å². The molecule has 1 aliphatic heterocycles. The van der Waals surface area contributed by atoms with Crippen molar-refractivity contribution in [2.24, 2.45) is 11.7 Å². The summed E-state index contributed by atoms with van der Waals surface area (Å²) in [6, 6.07) is 26.8. The van der Waals surface area contributed by atoms with E-state index in [9.17, 15) is 28.8 Å². The normalized spacial score (nSPS) is 15.3. The Morgan fingerprint density at radius 1 is 0.691 bits per heavy atom. The molecule has 3 aromatic carbocycles. The molecule has 3 atom stereocenters. The van der Waals surface area contributed by atoms with Gasteiger partial charge in [0.15, 0.2) is 5.78 Å². The topological polar surface area (TPSA) is 212 Å². The van der Waals surface area contributed by atoms with Gasteiger partial charge in [-0.2, -0.15) is 0 Å². The Morgan fingerprint density at radius 2 is 1.18 bits per heavy atom. The van der Waals surface area contributed by atoms with Gasteiger partial charge in [-0.1, -0.05) is 97.4 Å². The van der Waals surface area contributed by atoms with Crippen molar-refractivity contribution >= 4 is 35.8 Å². The summed E-state index contributed by atoms with van der Waals surface area (Å²) in [5.41, 5.74) is 8.08. The summed E-state index contributed by atoms with van der Waals surface area (Å²) >= 11 is 0. The number of nitrogens with two attached hydrogens (primary N) is 1. The number of carboxylic acid groups (broad SMARTS) is 1. The van der Waals surface area contributed by atoms with E-state index >= 15 is 0 Å². The number of benzene rings is 3. The lowest BCUT2D eigenvalue weighted by Gasteiger charge is -2.28. The number of carbonyl (C=O) groups is 6. The monoisotopic (exact) mass is 760 g/mol. The maximum Gasteiger partial charge on any atom is 0.407 e. The third kappa shape index (κ3) is 18.7. The number of hydrogen-bond donors (Lipinski definition) is 5. The second kappa shape index (κ2) is 25.3. The van der Waals surface area contributed by atoms with Gasteiger partial charge >= 0.3 is 24.1 Å². The smallest absolute Gasteiger partial charge is 0.407 e. The summed E-state index contributed by atoms with van der Waals surface area (Å²) in [6.45, 7) is 1.37. The molecule has 3 amide bonds. The van der Waals surface area contributed by atoms with Crippen molar-refractivity contribution < 1.29 is 48.1 Å². The molecule has 1 aliphatic rings. The number of nitrogens with one attached hydrogen (secondary N) is 3.